The molecule has 0 spiro atoms. The third-order valence-electron chi connectivity index (χ3n) is 2.94. The first-order chi connectivity index (χ1) is 10.3. The molecular weight excluding hydrogens is 304 g/mol. The first-order valence-corrected chi connectivity index (χ1v) is 7.94. The van der Waals surface area contributed by atoms with E-state index in [1.807, 2.05) is 19.9 Å². The van der Waals surface area contributed by atoms with Gasteiger partial charge >= 0.3 is 16.1 Å². The summed E-state index contributed by atoms with van der Waals surface area (Å²) >= 11 is 0. The average molecular weight is 320 g/mol. The van der Waals surface area contributed by atoms with E-state index in [-0.39, 0.29) is 16.2 Å². The molecule has 0 aliphatic heterocycles. The molecule has 0 aliphatic rings. The number of esters is 1. The largest absolute Gasteiger partial charge is 0.465 e. The van der Waals surface area contributed by atoms with Gasteiger partial charge in [-0.25, -0.2) is 4.79 Å². The molecule has 0 fully saturated rings. The van der Waals surface area contributed by atoms with Gasteiger partial charge in [-0.15, -0.1) is 0 Å². The average Bonchev–Trinajstić information content (AvgIpc) is 2.45. The Balaban J connectivity index is 2.36. The van der Waals surface area contributed by atoms with Crippen LogP contribution >= 0.6 is 0 Å². The molecule has 116 valence electrons. The minimum absolute atomic E-state index is 0.102. The van der Waals surface area contributed by atoms with E-state index in [9.17, 15) is 13.2 Å². The first-order valence-electron chi connectivity index (χ1n) is 6.53. The number of aryl methyl sites for hydroxylation is 2. The number of hydrogen-bond acceptors (Lipinski definition) is 5. The van der Waals surface area contributed by atoms with Crippen LogP contribution < -0.4 is 4.18 Å². The molecule has 0 heterocycles. The zero-order valence-corrected chi connectivity index (χ0v) is 13.3. The number of hydrogen-bond donors (Lipinski definition) is 0. The second kappa shape index (κ2) is 6.19. The summed E-state index contributed by atoms with van der Waals surface area (Å²) in [7, 11) is -2.79. The Kier molecular flexibility index (Phi) is 4.51. The number of carbonyl (C=O) groups is 1. The monoisotopic (exact) mass is 320 g/mol. The lowest BCUT2D eigenvalue weighted by Crippen LogP contribution is -2.11. The molecule has 22 heavy (non-hydrogen) atoms. The van der Waals surface area contributed by atoms with Gasteiger partial charge in [-0.2, -0.15) is 8.42 Å². The second-order valence-corrected chi connectivity index (χ2v) is 6.43. The molecule has 2 aromatic rings. The van der Waals surface area contributed by atoms with Crippen LogP contribution in [0.15, 0.2) is 47.4 Å². The molecule has 0 bridgehead atoms. The fourth-order valence-electron chi connectivity index (χ4n) is 2.05. The summed E-state index contributed by atoms with van der Waals surface area (Å²) in [5, 5.41) is 0. The van der Waals surface area contributed by atoms with Crippen LogP contribution in [0.4, 0.5) is 0 Å². The molecule has 2 rings (SSSR count). The maximum absolute atomic E-state index is 12.3. The van der Waals surface area contributed by atoms with Crippen molar-refractivity contribution in [3.63, 3.8) is 0 Å². The highest BCUT2D eigenvalue weighted by molar-refractivity contribution is 7.87. The molecule has 5 nitrogen and oxygen atoms in total. The SMILES string of the molecule is COC(=O)c1cccc(S(=O)(=O)Oc2cc(C)cc(C)c2)c1. The molecule has 0 amide bonds. The van der Waals surface area contributed by atoms with E-state index in [2.05, 4.69) is 4.74 Å². The summed E-state index contributed by atoms with van der Waals surface area (Å²) in [6, 6.07) is 10.7. The Morgan fingerprint density at radius 1 is 1.00 bits per heavy atom. The van der Waals surface area contributed by atoms with E-state index in [0.717, 1.165) is 11.1 Å². The number of carbonyl (C=O) groups excluding carboxylic acids is 1. The van der Waals surface area contributed by atoms with Crippen LogP contribution in [0.2, 0.25) is 0 Å². The van der Waals surface area contributed by atoms with Crippen LogP contribution in [0, 0.1) is 13.8 Å². The van der Waals surface area contributed by atoms with Crippen molar-refractivity contribution in [2.45, 2.75) is 18.7 Å². The standard InChI is InChI=1S/C16H16O5S/c1-11-7-12(2)9-14(8-11)21-22(18,19)15-6-4-5-13(10-15)16(17)20-3/h4-10H,1-3H3. The van der Waals surface area contributed by atoms with Crippen LogP contribution in [0.1, 0.15) is 21.5 Å². The highest BCUT2D eigenvalue weighted by atomic mass is 32.2. The highest BCUT2D eigenvalue weighted by Crippen LogP contribution is 2.22. The van der Waals surface area contributed by atoms with Gasteiger partial charge < -0.3 is 8.92 Å². The summed E-state index contributed by atoms with van der Waals surface area (Å²) in [6.07, 6.45) is 0. The van der Waals surface area contributed by atoms with Gasteiger partial charge in [0, 0.05) is 0 Å². The minimum atomic E-state index is -4.02. The van der Waals surface area contributed by atoms with Crippen molar-refractivity contribution in [2.75, 3.05) is 7.11 Å². The van der Waals surface area contributed by atoms with E-state index >= 15 is 0 Å². The fraction of sp³-hybridized carbons (Fsp3) is 0.188. The van der Waals surface area contributed by atoms with Gasteiger partial charge in [-0.3, -0.25) is 0 Å². The molecule has 0 atom stereocenters. The van der Waals surface area contributed by atoms with Crippen molar-refractivity contribution < 1.29 is 22.1 Å². The van der Waals surface area contributed by atoms with Gasteiger partial charge in [0.15, 0.2) is 0 Å². The van der Waals surface area contributed by atoms with Gasteiger partial charge in [0.1, 0.15) is 10.6 Å². The minimum Gasteiger partial charge on any atom is -0.465 e. The van der Waals surface area contributed by atoms with Crippen molar-refractivity contribution in [1.82, 2.24) is 0 Å². The van der Waals surface area contributed by atoms with Gasteiger partial charge in [-0.1, -0.05) is 12.1 Å². The molecule has 0 aliphatic carbocycles. The van der Waals surface area contributed by atoms with Gasteiger partial charge in [0.05, 0.1) is 12.7 Å². The molecule has 0 aromatic heterocycles. The summed E-state index contributed by atoms with van der Waals surface area (Å²) < 4.78 is 34.3. The van der Waals surface area contributed by atoms with E-state index in [0.29, 0.717) is 0 Å². The molecule has 0 saturated carbocycles. The van der Waals surface area contributed by atoms with Gasteiger partial charge in [-0.05, 0) is 55.3 Å². The normalized spacial score (nSPS) is 11.0. The Morgan fingerprint density at radius 3 is 2.23 bits per heavy atom. The lowest BCUT2D eigenvalue weighted by molar-refractivity contribution is 0.0600. The van der Waals surface area contributed by atoms with E-state index in [1.165, 1.54) is 31.4 Å². The van der Waals surface area contributed by atoms with Crippen LogP contribution in [0.5, 0.6) is 5.75 Å². The lowest BCUT2D eigenvalue weighted by atomic mass is 10.1. The molecule has 0 N–H and O–H groups in total. The lowest BCUT2D eigenvalue weighted by Gasteiger charge is -2.09. The topological polar surface area (TPSA) is 69.7 Å². The van der Waals surface area contributed by atoms with Crippen LogP contribution in [0.3, 0.4) is 0 Å². The van der Waals surface area contributed by atoms with Crippen LogP contribution in [0.25, 0.3) is 0 Å². The summed E-state index contributed by atoms with van der Waals surface area (Å²) in [5.74, 6) is -0.371. The molecule has 2 aromatic carbocycles. The molecular formula is C16H16O5S. The highest BCUT2D eigenvalue weighted by Gasteiger charge is 2.19. The third kappa shape index (κ3) is 3.65. The van der Waals surface area contributed by atoms with Crippen molar-refractivity contribution in [3.8, 4) is 5.75 Å². The summed E-state index contributed by atoms with van der Waals surface area (Å²) in [5.41, 5.74) is 1.94. The summed E-state index contributed by atoms with van der Waals surface area (Å²) in [4.78, 5) is 11.4. The number of methoxy groups -OCH3 is 1. The zero-order chi connectivity index (χ0) is 16.3. The predicted molar refractivity (Wildman–Crippen MR) is 81.5 cm³/mol. The summed E-state index contributed by atoms with van der Waals surface area (Å²) in [6.45, 7) is 3.70. The van der Waals surface area contributed by atoms with Crippen LogP contribution in [-0.2, 0) is 14.9 Å². The van der Waals surface area contributed by atoms with E-state index in [1.54, 1.807) is 12.1 Å². The second-order valence-electron chi connectivity index (χ2n) is 4.88. The van der Waals surface area contributed by atoms with Crippen molar-refractivity contribution in [3.05, 3.63) is 59.2 Å². The van der Waals surface area contributed by atoms with E-state index < -0.39 is 16.1 Å². The fourth-order valence-corrected chi connectivity index (χ4v) is 3.01. The first kappa shape index (κ1) is 16.0. The maximum atomic E-state index is 12.3. The Morgan fingerprint density at radius 2 is 1.64 bits per heavy atom. The predicted octanol–water partition coefficient (Wildman–Crippen LogP) is 2.86. The molecule has 0 saturated heterocycles. The molecule has 0 radical (unpaired) electrons. The van der Waals surface area contributed by atoms with Crippen molar-refractivity contribution >= 4 is 16.1 Å². The number of rotatable bonds is 4. The van der Waals surface area contributed by atoms with Gasteiger partial charge in [0.2, 0.25) is 0 Å². The number of benzene rings is 2. The number of ether oxygens (including phenoxy) is 1. The zero-order valence-electron chi connectivity index (χ0n) is 12.5. The Bertz CT molecular complexity index is 789. The van der Waals surface area contributed by atoms with Crippen LogP contribution in [-0.4, -0.2) is 21.5 Å². The smallest absolute Gasteiger partial charge is 0.339 e. The Hall–Kier alpha value is -2.34. The molecule has 0 unspecified atom stereocenters. The molecule has 6 heteroatoms. The van der Waals surface area contributed by atoms with Crippen molar-refractivity contribution in [1.29, 1.82) is 0 Å². The third-order valence-corrected chi connectivity index (χ3v) is 4.19. The Labute approximate surface area is 129 Å². The van der Waals surface area contributed by atoms with Gasteiger partial charge in [0.25, 0.3) is 0 Å². The quantitative estimate of drug-likeness (QED) is 0.640. The van der Waals surface area contributed by atoms with Crippen molar-refractivity contribution in [2.24, 2.45) is 0 Å². The van der Waals surface area contributed by atoms with E-state index in [4.69, 9.17) is 4.18 Å². The maximum Gasteiger partial charge on any atom is 0.339 e.